The fraction of sp³-hybridized carbons (Fsp3) is 0.300. The average Bonchev–Trinajstić information content (AvgIpc) is 3.14. The van der Waals surface area contributed by atoms with Gasteiger partial charge in [-0.1, -0.05) is 0 Å². The predicted octanol–water partition coefficient (Wildman–Crippen LogP) is 2.15. The van der Waals surface area contributed by atoms with Gasteiger partial charge in [-0.3, -0.25) is 19.0 Å². The van der Waals surface area contributed by atoms with Crippen LogP contribution in [0.3, 0.4) is 0 Å². The highest BCUT2D eigenvalue weighted by Crippen LogP contribution is 2.31. The summed E-state index contributed by atoms with van der Waals surface area (Å²) in [5, 5.41) is 0. The van der Waals surface area contributed by atoms with Crippen LogP contribution in [0.2, 0.25) is 0 Å². The van der Waals surface area contributed by atoms with Gasteiger partial charge in [0.15, 0.2) is 6.10 Å². The number of aromatic nitrogens is 2. The molecule has 0 aliphatic rings. The van der Waals surface area contributed by atoms with Crippen molar-refractivity contribution in [3.8, 4) is 16.2 Å². The Morgan fingerprint density at radius 2 is 1.93 bits per heavy atom. The van der Waals surface area contributed by atoms with E-state index in [2.05, 4.69) is 4.98 Å². The topological polar surface area (TPSA) is 90.7 Å². The molecule has 0 aliphatic carbocycles. The number of methoxy groups -OCH3 is 1. The molecule has 3 aromatic rings. The first-order valence-corrected chi connectivity index (χ1v) is 9.66. The molecule has 0 fully saturated rings. The third-order valence-corrected chi connectivity index (χ3v) is 5.44. The molecule has 0 radical (unpaired) electrons. The van der Waals surface area contributed by atoms with Crippen LogP contribution in [0.5, 0.6) is 5.75 Å². The fourth-order valence-electron chi connectivity index (χ4n) is 2.74. The van der Waals surface area contributed by atoms with Crippen LogP contribution in [0.15, 0.2) is 41.5 Å². The third-order valence-electron chi connectivity index (χ3n) is 4.27. The summed E-state index contributed by atoms with van der Waals surface area (Å²) in [6, 6.07) is 9.34. The van der Waals surface area contributed by atoms with Gasteiger partial charge in [-0.2, -0.15) is 0 Å². The number of esters is 1. The lowest BCUT2D eigenvalue weighted by Gasteiger charge is -2.17. The molecule has 9 heteroatoms. The molecule has 0 spiro atoms. The van der Waals surface area contributed by atoms with Crippen molar-refractivity contribution in [2.45, 2.75) is 19.6 Å². The minimum atomic E-state index is -0.923. The highest BCUT2D eigenvalue weighted by Gasteiger charge is 2.20. The van der Waals surface area contributed by atoms with E-state index >= 15 is 0 Å². The second kappa shape index (κ2) is 8.44. The molecule has 0 N–H and O–H groups in total. The molecular formula is C20H21N3O5S. The van der Waals surface area contributed by atoms with E-state index in [1.807, 2.05) is 30.3 Å². The Morgan fingerprint density at radius 1 is 1.24 bits per heavy atom. The Morgan fingerprint density at radius 3 is 2.55 bits per heavy atom. The van der Waals surface area contributed by atoms with E-state index in [1.54, 1.807) is 21.2 Å². The minimum Gasteiger partial charge on any atom is -0.497 e. The Hall–Kier alpha value is -3.20. The maximum absolute atomic E-state index is 12.8. The van der Waals surface area contributed by atoms with E-state index in [0.29, 0.717) is 10.2 Å². The van der Waals surface area contributed by atoms with E-state index in [9.17, 15) is 14.4 Å². The second-order valence-electron chi connectivity index (χ2n) is 6.60. The van der Waals surface area contributed by atoms with Crippen LogP contribution in [0, 0.1) is 0 Å². The summed E-state index contributed by atoms with van der Waals surface area (Å²) in [6.45, 7) is 1.17. The van der Waals surface area contributed by atoms with E-state index in [0.717, 1.165) is 16.2 Å². The van der Waals surface area contributed by atoms with Crippen molar-refractivity contribution in [2.75, 3.05) is 21.2 Å². The van der Waals surface area contributed by atoms with Gasteiger partial charge in [0.25, 0.3) is 11.5 Å². The molecule has 0 saturated carbocycles. The average molecular weight is 415 g/mol. The van der Waals surface area contributed by atoms with Gasteiger partial charge in [-0.15, -0.1) is 11.3 Å². The van der Waals surface area contributed by atoms with Crippen LogP contribution in [0.4, 0.5) is 0 Å². The molecule has 0 aliphatic heterocycles. The second-order valence-corrected chi connectivity index (χ2v) is 7.65. The van der Waals surface area contributed by atoms with Crippen molar-refractivity contribution in [1.82, 2.24) is 14.5 Å². The van der Waals surface area contributed by atoms with Crippen molar-refractivity contribution >= 4 is 33.4 Å². The lowest BCUT2D eigenvalue weighted by Crippen LogP contribution is -2.36. The number of thiophene rings is 1. The smallest absolute Gasteiger partial charge is 0.326 e. The van der Waals surface area contributed by atoms with Gasteiger partial charge in [-0.05, 0) is 42.8 Å². The lowest BCUT2D eigenvalue weighted by molar-refractivity contribution is -0.158. The van der Waals surface area contributed by atoms with Crippen molar-refractivity contribution in [2.24, 2.45) is 0 Å². The van der Waals surface area contributed by atoms with Crippen molar-refractivity contribution < 1.29 is 19.1 Å². The number of carbonyl (C=O) groups excluding carboxylic acids is 2. The lowest BCUT2D eigenvalue weighted by atomic mass is 10.2. The van der Waals surface area contributed by atoms with Crippen molar-refractivity contribution in [3.05, 3.63) is 47.0 Å². The van der Waals surface area contributed by atoms with Crippen LogP contribution in [-0.2, 0) is 20.9 Å². The monoisotopic (exact) mass is 415 g/mol. The summed E-state index contributed by atoms with van der Waals surface area (Å²) in [5.41, 5.74) is 1.17. The number of carbonyl (C=O) groups is 2. The van der Waals surface area contributed by atoms with Crippen molar-refractivity contribution in [1.29, 1.82) is 0 Å². The summed E-state index contributed by atoms with van der Waals surface area (Å²) in [7, 11) is 4.75. The van der Waals surface area contributed by atoms with E-state index < -0.39 is 12.1 Å². The molecule has 1 aromatic carbocycles. The summed E-state index contributed by atoms with van der Waals surface area (Å²) in [6.07, 6.45) is 0.392. The van der Waals surface area contributed by atoms with Gasteiger partial charge in [0.1, 0.15) is 17.0 Å². The number of hydrogen-bond donors (Lipinski definition) is 0. The van der Waals surface area contributed by atoms with Gasteiger partial charge < -0.3 is 14.4 Å². The number of likely N-dealkylation sites (N-methyl/N-ethyl adjacent to an activating group) is 1. The first-order chi connectivity index (χ1) is 13.8. The maximum atomic E-state index is 12.8. The number of hydrogen-bond acceptors (Lipinski definition) is 7. The normalized spacial score (nSPS) is 11.9. The highest BCUT2D eigenvalue weighted by atomic mass is 32.1. The zero-order chi connectivity index (χ0) is 21.1. The van der Waals surface area contributed by atoms with Crippen LogP contribution < -0.4 is 10.3 Å². The van der Waals surface area contributed by atoms with Crippen molar-refractivity contribution in [3.63, 3.8) is 0 Å². The van der Waals surface area contributed by atoms with Crippen LogP contribution in [0.25, 0.3) is 20.7 Å². The molecule has 152 valence electrons. The summed E-state index contributed by atoms with van der Waals surface area (Å²) in [4.78, 5) is 43.2. The Kier molecular flexibility index (Phi) is 5.97. The van der Waals surface area contributed by atoms with Gasteiger partial charge in [0, 0.05) is 19.0 Å². The van der Waals surface area contributed by atoms with Gasteiger partial charge in [0.2, 0.25) is 0 Å². The SMILES string of the molecule is COc1ccc(-c2cc3ncn(CC(=O)O[C@@H](C)C(=O)N(C)C)c(=O)c3s2)cc1. The number of amides is 1. The number of nitrogens with zero attached hydrogens (tertiary/aromatic N) is 3. The van der Waals surface area contributed by atoms with Crippen LogP contribution in [0.1, 0.15) is 6.92 Å². The third kappa shape index (κ3) is 4.45. The molecule has 2 heterocycles. The zero-order valence-electron chi connectivity index (χ0n) is 16.5. The quantitative estimate of drug-likeness (QED) is 0.573. The standard InChI is InChI=1S/C20H21N3O5S/c1-12(19(25)22(2)3)28-17(24)10-23-11-21-15-9-16(29-18(15)20(23)26)13-5-7-14(27-4)8-6-13/h5-9,11-12H,10H2,1-4H3/t12-/m0/s1. The molecule has 8 nitrogen and oxygen atoms in total. The molecule has 1 amide bonds. The largest absolute Gasteiger partial charge is 0.497 e. The number of benzene rings is 1. The number of rotatable bonds is 6. The van der Waals surface area contributed by atoms with Gasteiger partial charge in [0.05, 0.1) is 19.0 Å². The number of fused-ring (bicyclic) bond motifs is 1. The maximum Gasteiger partial charge on any atom is 0.326 e. The predicted molar refractivity (Wildman–Crippen MR) is 110 cm³/mol. The number of ether oxygens (including phenoxy) is 2. The van der Waals surface area contributed by atoms with Gasteiger partial charge >= 0.3 is 5.97 Å². The Bertz CT molecular complexity index is 1100. The first kappa shape index (κ1) is 20.5. The first-order valence-electron chi connectivity index (χ1n) is 8.84. The molecule has 0 unspecified atom stereocenters. The fourth-order valence-corrected chi connectivity index (χ4v) is 3.81. The molecule has 1 atom stereocenters. The summed E-state index contributed by atoms with van der Waals surface area (Å²) in [5.74, 6) is -0.264. The van der Waals surface area contributed by atoms with E-state index in [4.69, 9.17) is 9.47 Å². The molecule has 0 saturated heterocycles. The molecule has 29 heavy (non-hydrogen) atoms. The zero-order valence-corrected chi connectivity index (χ0v) is 17.4. The molecule has 3 rings (SSSR count). The Labute approximate surface area is 171 Å². The molecule has 0 bridgehead atoms. The van der Waals surface area contributed by atoms with Crippen LogP contribution >= 0.6 is 11.3 Å². The highest BCUT2D eigenvalue weighted by molar-refractivity contribution is 7.22. The minimum absolute atomic E-state index is 0.317. The van der Waals surface area contributed by atoms with E-state index in [1.165, 1.54) is 34.1 Å². The summed E-state index contributed by atoms with van der Waals surface area (Å²) < 4.78 is 11.9. The summed E-state index contributed by atoms with van der Waals surface area (Å²) >= 11 is 1.30. The van der Waals surface area contributed by atoms with Gasteiger partial charge in [-0.25, -0.2) is 4.98 Å². The van der Waals surface area contributed by atoms with E-state index in [-0.39, 0.29) is 18.0 Å². The van der Waals surface area contributed by atoms with Crippen LogP contribution in [-0.4, -0.2) is 53.6 Å². The molecule has 2 aromatic heterocycles. The molecular weight excluding hydrogens is 394 g/mol. The Balaban J connectivity index is 1.81.